The first-order valence-corrected chi connectivity index (χ1v) is 9.00. The molecule has 0 spiro atoms. The van der Waals surface area contributed by atoms with Gasteiger partial charge in [0.25, 0.3) is 5.91 Å². The van der Waals surface area contributed by atoms with Crippen LogP contribution < -0.4 is 10.6 Å². The number of fused-ring (bicyclic) bond motifs is 1. The summed E-state index contributed by atoms with van der Waals surface area (Å²) in [7, 11) is 0. The van der Waals surface area contributed by atoms with E-state index in [1.807, 2.05) is 12.1 Å². The van der Waals surface area contributed by atoms with Crippen LogP contribution in [0.25, 0.3) is 0 Å². The van der Waals surface area contributed by atoms with E-state index in [9.17, 15) is 4.79 Å². The van der Waals surface area contributed by atoms with Crippen LogP contribution in [0.4, 0.5) is 5.69 Å². The highest BCUT2D eigenvalue weighted by Crippen LogP contribution is 2.26. The van der Waals surface area contributed by atoms with Gasteiger partial charge >= 0.3 is 0 Å². The van der Waals surface area contributed by atoms with Gasteiger partial charge in [0.05, 0.1) is 11.3 Å². The van der Waals surface area contributed by atoms with Gasteiger partial charge in [0, 0.05) is 26.2 Å². The molecule has 1 saturated heterocycles. The maximum atomic E-state index is 12.6. The van der Waals surface area contributed by atoms with E-state index in [1.165, 1.54) is 25.1 Å². The zero-order valence-electron chi connectivity index (χ0n) is 14.4. The lowest BCUT2D eigenvalue weighted by Gasteiger charge is -2.21. The first-order valence-electron chi connectivity index (χ1n) is 9.00. The summed E-state index contributed by atoms with van der Waals surface area (Å²) in [5.41, 5.74) is 3.12. The molecule has 2 N–H and O–H groups in total. The number of anilines is 1. The molecule has 1 amide bonds. The molecule has 1 aromatic carbocycles. The molecule has 23 heavy (non-hydrogen) atoms. The van der Waals surface area contributed by atoms with Crippen molar-refractivity contribution in [2.45, 2.75) is 33.1 Å². The van der Waals surface area contributed by atoms with Crippen molar-refractivity contribution in [3.05, 3.63) is 29.3 Å². The fraction of sp³-hybridized carbons (Fsp3) is 0.632. The van der Waals surface area contributed by atoms with Gasteiger partial charge in [0.15, 0.2) is 0 Å². The molecule has 126 valence electrons. The Balaban J connectivity index is 1.54. The van der Waals surface area contributed by atoms with Crippen molar-refractivity contribution in [2.24, 2.45) is 11.8 Å². The second kappa shape index (κ2) is 7.35. The third-order valence-electron chi connectivity index (χ3n) is 4.86. The summed E-state index contributed by atoms with van der Waals surface area (Å²) >= 11 is 0. The van der Waals surface area contributed by atoms with E-state index in [2.05, 4.69) is 35.4 Å². The molecule has 1 atom stereocenters. The first kappa shape index (κ1) is 16.3. The Morgan fingerprint density at radius 1 is 1.43 bits per heavy atom. The van der Waals surface area contributed by atoms with Gasteiger partial charge in [-0.3, -0.25) is 4.79 Å². The van der Waals surface area contributed by atoms with E-state index in [0.717, 1.165) is 43.7 Å². The molecule has 0 aliphatic carbocycles. The molecule has 4 nitrogen and oxygen atoms in total. The smallest absolute Gasteiger partial charge is 0.253 e. The Morgan fingerprint density at radius 3 is 3.13 bits per heavy atom. The highest BCUT2D eigenvalue weighted by molar-refractivity contribution is 6.00. The molecule has 4 heteroatoms. The van der Waals surface area contributed by atoms with Gasteiger partial charge < -0.3 is 15.5 Å². The fourth-order valence-electron chi connectivity index (χ4n) is 3.79. The van der Waals surface area contributed by atoms with Crippen LogP contribution in [-0.4, -0.2) is 43.5 Å². The summed E-state index contributed by atoms with van der Waals surface area (Å²) in [6.45, 7) is 9.73. The van der Waals surface area contributed by atoms with Crippen LogP contribution in [0, 0.1) is 11.8 Å². The number of hydrogen-bond donors (Lipinski definition) is 2. The van der Waals surface area contributed by atoms with E-state index < -0.39 is 0 Å². The number of carbonyl (C=O) groups excluding carboxylic acids is 1. The normalized spacial score (nSPS) is 21.1. The molecule has 0 unspecified atom stereocenters. The molecule has 2 aliphatic heterocycles. The summed E-state index contributed by atoms with van der Waals surface area (Å²) in [5.74, 6) is 1.37. The van der Waals surface area contributed by atoms with Crippen LogP contribution in [0.5, 0.6) is 0 Å². The van der Waals surface area contributed by atoms with Crippen molar-refractivity contribution >= 4 is 11.6 Å². The minimum atomic E-state index is 0.0681. The zero-order chi connectivity index (χ0) is 16.2. The van der Waals surface area contributed by atoms with Gasteiger partial charge in [-0.2, -0.15) is 0 Å². The number of carbonyl (C=O) groups is 1. The van der Waals surface area contributed by atoms with Crippen LogP contribution in [0.3, 0.4) is 0 Å². The molecule has 0 bridgehead atoms. The Morgan fingerprint density at radius 2 is 2.30 bits per heavy atom. The van der Waals surface area contributed by atoms with E-state index in [-0.39, 0.29) is 5.91 Å². The van der Waals surface area contributed by atoms with Crippen molar-refractivity contribution < 1.29 is 4.79 Å². The Hall–Kier alpha value is -1.55. The molecule has 0 saturated carbocycles. The molecular weight excluding hydrogens is 286 g/mol. The maximum Gasteiger partial charge on any atom is 0.253 e. The molecule has 0 aromatic heterocycles. The summed E-state index contributed by atoms with van der Waals surface area (Å²) < 4.78 is 0. The van der Waals surface area contributed by atoms with E-state index in [0.29, 0.717) is 11.8 Å². The topological polar surface area (TPSA) is 44.4 Å². The number of amides is 1. The van der Waals surface area contributed by atoms with Gasteiger partial charge in [0.2, 0.25) is 0 Å². The average Bonchev–Trinajstić information content (AvgIpc) is 2.98. The fourth-order valence-corrected chi connectivity index (χ4v) is 3.79. The molecule has 2 aliphatic rings. The van der Waals surface area contributed by atoms with E-state index in [1.54, 1.807) is 0 Å². The van der Waals surface area contributed by atoms with Gasteiger partial charge in [-0.1, -0.05) is 26.0 Å². The summed E-state index contributed by atoms with van der Waals surface area (Å²) in [5, 5.41) is 6.56. The SMILES string of the molecule is CC(C)CN1CC[C@@H](CNC(=O)c2cccc3c2NCCC3)C1. The minimum Gasteiger partial charge on any atom is -0.384 e. The second-order valence-corrected chi connectivity index (χ2v) is 7.39. The molecule has 0 radical (unpaired) electrons. The quantitative estimate of drug-likeness (QED) is 0.878. The number of nitrogens with one attached hydrogen (secondary N) is 2. The number of hydrogen-bond acceptors (Lipinski definition) is 3. The maximum absolute atomic E-state index is 12.6. The first-order chi connectivity index (χ1) is 11.1. The molecule has 1 fully saturated rings. The zero-order valence-corrected chi connectivity index (χ0v) is 14.4. The highest BCUT2D eigenvalue weighted by Gasteiger charge is 2.24. The van der Waals surface area contributed by atoms with Crippen LogP contribution in [0.2, 0.25) is 0 Å². The van der Waals surface area contributed by atoms with E-state index >= 15 is 0 Å². The van der Waals surface area contributed by atoms with Crippen LogP contribution in [0.1, 0.15) is 42.6 Å². The third kappa shape index (κ3) is 4.05. The number of aryl methyl sites for hydroxylation is 1. The lowest BCUT2D eigenvalue weighted by atomic mass is 9.99. The van der Waals surface area contributed by atoms with Crippen LogP contribution in [-0.2, 0) is 6.42 Å². The molecule has 1 aromatic rings. The lowest BCUT2D eigenvalue weighted by Crippen LogP contribution is -2.32. The second-order valence-electron chi connectivity index (χ2n) is 7.39. The lowest BCUT2D eigenvalue weighted by molar-refractivity contribution is 0.0948. The summed E-state index contributed by atoms with van der Waals surface area (Å²) in [4.78, 5) is 15.1. The predicted octanol–water partition coefficient (Wildman–Crippen LogP) is 2.75. The van der Waals surface area contributed by atoms with Crippen molar-refractivity contribution in [1.82, 2.24) is 10.2 Å². The summed E-state index contributed by atoms with van der Waals surface area (Å²) in [6, 6.07) is 6.06. The van der Waals surface area contributed by atoms with Gasteiger partial charge in [-0.05, 0) is 49.3 Å². The number of para-hydroxylation sites is 1. The van der Waals surface area contributed by atoms with Gasteiger partial charge in [0.1, 0.15) is 0 Å². The van der Waals surface area contributed by atoms with Crippen molar-refractivity contribution in [2.75, 3.05) is 38.0 Å². The number of nitrogens with zero attached hydrogens (tertiary/aromatic N) is 1. The van der Waals surface area contributed by atoms with Crippen LogP contribution in [0.15, 0.2) is 18.2 Å². The summed E-state index contributed by atoms with van der Waals surface area (Å²) in [6.07, 6.45) is 3.40. The van der Waals surface area contributed by atoms with Crippen molar-refractivity contribution in [3.8, 4) is 0 Å². The van der Waals surface area contributed by atoms with Gasteiger partial charge in [-0.15, -0.1) is 0 Å². The number of likely N-dealkylation sites (tertiary alicyclic amines) is 1. The van der Waals surface area contributed by atoms with Gasteiger partial charge in [-0.25, -0.2) is 0 Å². The van der Waals surface area contributed by atoms with Crippen LogP contribution >= 0.6 is 0 Å². The highest BCUT2D eigenvalue weighted by atomic mass is 16.1. The van der Waals surface area contributed by atoms with Crippen molar-refractivity contribution in [3.63, 3.8) is 0 Å². The Bertz CT molecular complexity index is 556. The standard InChI is InChI=1S/C19H29N3O/c1-14(2)12-22-10-8-15(13-22)11-21-19(23)17-7-3-5-16-6-4-9-20-18(16)17/h3,5,7,14-15,20H,4,6,8-13H2,1-2H3,(H,21,23)/t15-/m0/s1. The van der Waals surface area contributed by atoms with E-state index in [4.69, 9.17) is 0 Å². The molecule has 3 rings (SSSR count). The molecular formula is C19H29N3O. The third-order valence-corrected chi connectivity index (χ3v) is 4.86. The minimum absolute atomic E-state index is 0.0681. The molecule has 2 heterocycles. The monoisotopic (exact) mass is 315 g/mol. The largest absolute Gasteiger partial charge is 0.384 e. The Labute approximate surface area is 139 Å². The Kier molecular flexibility index (Phi) is 5.21. The number of benzene rings is 1. The van der Waals surface area contributed by atoms with Crippen molar-refractivity contribution in [1.29, 1.82) is 0 Å². The average molecular weight is 315 g/mol. The predicted molar refractivity (Wildman–Crippen MR) is 95.0 cm³/mol. The number of rotatable bonds is 5.